The fourth-order valence-corrected chi connectivity index (χ4v) is 2.69. The third kappa shape index (κ3) is 7.10. The number of rotatable bonds is 8. The quantitative estimate of drug-likeness (QED) is 0.294. The lowest BCUT2D eigenvalue weighted by Gasteiger charge is -2.12. The number of benzene rings is 2. The van der Waals surface area contributed by atoms with Crippen molar-refractivity contribution in [3.8, 4) is 17.2 Å². The number of nitrogens with one attached hydrogen (secondary N) is 2. The average molecular weight is 499 g/mol. The normalized spacial score (nSPS) is 10.8. The first-order valence-electron chi connectivity index (χ1n) is 9.09. The molecule has 7 heteroatoms. The van der Waals surface area contributed by atoms with E-state index < -0.39 is 0 Å². The number of hydrogen-bond acceptors (Lipinski definition) is 4. The maximum absolute atomic E-state index is 9.87. The van der Waals surface area contributed by atoms with Gasteiger partial charge in [-0.15, -0.1) is 24.0 Å². The lowest BCUT2D eigenvalue weighted by atomic mass is 10.1. The van der Waals surface area contributed by atoms with Crippen LogP contribution in [0.4, 0.5) is 0 Å². The number of aryl methyl sites for hydroxylation is 1. The molecule has 0 atom stereocenters. The summed E-state index contributed by atoms with van der Waals surface area (Å²) in [4.78, 5) is 4.58. The number of aromatic hydroxyl groups is 1. The monoisotopic (exact) mass is 499 g/mol. The molecule has 2 aromatic carbocycles. The molecule has 0 aliphatic rings. The van der Waals surface area contributed by atoms with E-state index in [1.165, 1.54) is 12.7 Å². The molecule has 0 aliphatic heterocycles. The Kier molecular flexibility index (Phi) is 10.5. The first kappa shape index (κ1) is 23.9. The van der Waals surface area contributed by atoms with Crippen molar-refractivity contribution in [3.05, 3.63) is 53.1 Å². The standard InChI is InChI=1S/C21H29N3O3.HI/c1-5-22-21(24-14-17-8-9-19(26-3)18(25)12-17)23-11-10-16-7-6-15(2)20(13-16)27-4;/h6-9,12-13,25H,5,10-11,14H2,1-4H3,(H2,22,23,24);1H. The van der Waals surface area contributed by atoms with Gasteiger partial charge in [-0.3, -0.25) is 0 Å². The number of ether oxygens (including phenoxy) is 2. The van der Waals surface area contributed by atoms with Gasteiger partial charge in [-0.25, -0.2) is 4.99 Å². The molecule has 154 valence electrons. The highest BCUT2D eigenvalue weighted by Crippen LogP contribution is 2.26. The second-order valence-corrected chi connectivity index (χ2v) is 6.18. The van der Waals surface area contributed by atoms with Gasteiger partial charge in [0.25, 0.3) is 0 Å². The number of hydrogen-bond donors (Lipinski definition) is 3. The Morgan fingerprint density at radius 3 is 2.36 bits per heavy atom. The molecule has 0 saturated carbocycles. The van der Waals surface area contributed by atoms with E-state index >= 15 is 0 Å². The van der Waals surface area contributed by atoms with E-state index in [1.54, 1.807) is 19.2 Å². The molecule has 0 unspecified atom stereocenters. The van der Waals surface area contributed by atoms with Gasteiger partial charge < -0.3 is 25.2 Å². The summed E-state index contributed by atoms with van der Waals surface area (Å²) < 4.78 is 10.4. The van der Waals surface area contributed by atoms with Gasteiger partial charge in [0.05, 0.1) is 20.8 Å². The molecule has 0 spiro atoms. The van der Waals surface area contributed by atoms with Crippen LogP contribution in [0, 0.1) is 6.92 Å². The van der Waals surface area contributed by atoms with Gasteiger partial charge in [0.15, 0.2) is 17.5 Å². The van der Waals surface area contributed by atoms with Gasteiger partial charge in [-0.05, 0) is 55.2 Å². The largest absolute Gasteiger partial charge is 0.504 e. The zero-order valence-electron chi connectivity index (χ0n) is 16.9. The second-order valence-electron chi connectivity index (χ2n) is 6.18. The predicted molar refractivity (Wildman–Crippen MR) is 124 cm³/mol. The first-order valence-corrected chi connectivity index (χ1v) is 9.09. The average Bonchev–Trinajstić information content (AvgIpc) is 2.67. The Morgan fingerprint density at radius 1 is 1.00 bits per heavy atom. The van der Waals surface area contributed by atoms with Crippen molar-refractivity contribution >= 4 is 29.9 Å². The molecule has 2 rings (SSSR count). The van der Waals surface area contributed by atoms with Crippen LogP contribution in [0.1, 0.15) is 23.6 Å². The summed E-state index contributed by atoms with van der Waals surface area (Å²) in [5.41, 5.74) is 3.25. The summed E-state index contributed by atoms with van der Waals surface area (Å²) in [6.07, 6.45) is 0.865. The number of nitrogens with zero attached hydrogens (tertiary/aromatic N) is 1. The van der Waals surface area contributed by atoms with Gasteiger partial charge in [0, 0.05) is 13.1 Å². The van der Waals surface area contributed by atoms with E-state index in [9.17, 15) is 5.11 Å². The smallest absolute Gasteiger partial charge is 0.191 e. The van der Waals surface area contributed by atoms with Crippen LogP contribution in [-0.4, -0.2) is 38.4 Å². The Labute approximate surface area is 184 Å². The molecule has 2 aromatic rings. The maximum Gasteiger partial charge on any atom is 0.191 e. The van der Waals surface area contributed by atoms with Gasteiger partial charge in [0.2, 0.25) is 0 Å². The van der Waals surface area contributed by atoms with Crippen LogP contribution in [0.2, 0.25) is 0 Å². The van der Waals surface area contributed by atoms with Crippen molar-refractivity contribution in [2.75, 3.05) is 27.3 Å². The summed E-state index contributed by atoms with van der Waals surface area (Å²) in [5, 5.41) is 16.4. The molecule has 6 nitrogen and oxygen atoms in total. The molecule has 0 bridgehead atoms. The molecule has 0 radical (unpaired) electrons. The minimum atomic E-state index is 0. The van der Waals surface area contributed by atoms with Crippen molar-refractivity contribution < 1.29 is 14.6 Å². The topological polar surface area (TPSA) is 75.1 Å². The molecule has 0 aliphatic carbocycles. The number of aliphatic imine (C=N–C) groups is 1. The molecule has 0 amide bonds. The van der Waals surface area contributed by atoms with Crippen LogP contribution < -0.4 is 20.1 Å². The van der Waals surface area contributed by atoms with Crippen LogP contribution in [-0.2, 0) is 13.0 Å². The lowest BCUT2D eigenvalue weighted by Crippen LogP contribution is -2.38. The molecule has 0 heterocycles. The van der Waals surface area contributed by atoms with Crippen molar-refractivity contribution in [1.29, 1.82) is 0 Å². The lowest BCUT2D eigenvalue weighted by molar-refractivity contribution is 0.373. The maximum atomic E-state index is 9.87. The van der Waals surface area contributed by atoms with Crippen molar-refractivity contribution in [2.24, 2.45) is 4.99 Å². The third-order valence-corrected chi connectivity index (χ3v) is 4.19. The summed E-state index contributed by atoms with van der Waals surface area (Å²) >= 11 is 0. The van der Waals surface area contributed by atoms with Crippen LogP contribution in [0.5, 0.6) is 17.2 Å². The second kappa shape index (κ2) is 12.3. The number of phenols is 1. The third-order valence-electron chi connectivity index (χ3n) is 4.19. The number of guanidine groups is 1. The SMILES string of the molecule is CCNC(=NCc1ccc(OC)c(O)c1)NCCc1ccc(C)c(OC)c1.I. The molecular formula is C21H30IN3O3. The Balaban J connectivity index is 0.00000392. The van der Waals surface area contributed by atoms with E-state index in [-0.39, 0.29) is 29.7 Å². The first-order chi connectivity index (χ1) is 13.1. The van der Waals surface area contributed by atoms with E-state index in [0.717, 1.165) is 42.3 Å². The summed E-state index contributed by atoms with van der Waals surface area (Å²) in [6, 6.07) is 11.6. The predicted octanol–water partition coefficient (Wildman–Crippen LogP) is 3.63. The van der Waals surface area contributed by atoms with E-state index in [2.05, 4.69) is 33.8 Å². The van der Waals surface area contributed by atoms with Crippen LogP contribution in [0.3, 0.4) is 0 Å². The highest BCUT2D eigenvalue weighted by atomic mass is 127. The highest BCUT2D eigenvalue weighted by Gasteiger charge is 2.04. The Bertz CT molecular complexity index is 781. The minimum absolute atomic E-state index is 0. The van der Waals surface area contributed by atoms with Crippen molar-refractivity contribution in [1.82, 2.24) is 10.6 Å². The Hall–Kier alpha value is -2.16. The molecule has 28 heavy (non-hydrogen) atoms. The number of methoxy groups -OCH3 is 2. The summed E-state index contributed by atoms with van der Waals surface area (Å²) in [5.74, 6) is 2.23. The van der Waals surface area contributed by atoms with Gasteiger partial charge >= 0.3 is 0 Å². The zero-order chi connectivity index (χ0) is 19.6. The summed E-state index contributed by atoms with van der Waals surface area (Å²) in [7, 11) is 3.22. The van der Waals surface area contributed by atoms with Crippen molar-refractivity contribution in [2.45, 2.75) is 26.8 Å². The van der Waals surface area contributed by atoms with Gasteiger partial charge in [-0.2, -0.15) is 0 Å². The van der Waals surface area contributed by atoms with Crippen LogP contribution in [0.15, 0.2) is 41.4 Å². The molecule has 3 N–H and O–H groups in total. The summed E-state index contributed by atoms with van der Waals surface area (Å²) in [6.45, 7) is 6.06. The highest BCUT2D eigenvalue weighted by molar-refractivity contribution is 14.0. The molecule has 0 fully saturated rings. The number of phenolic OH excluding ortho intramolecular Hbond substituents is 1. The molecular weight excluding hydrogens is 469 g/mol. The Morgan fingerprint density at radius 2 is 1.71 bits per heavy atom. The van der Waals surface area contributed by atoms with Crippen molar-refractivity contribution in [3.63, 3.8) is 0 Å². The van der Waals surface area contributed by atoms with Gasteiger partial charge in [-0.1, -0.05) is 18.2 Å². The zero-order valence-corrected chi connectivity index (χ0v) is 19.2. The molecule has 0 saturated heterocycles. The van der Waals surface area contributed by atoms with E-state index in [1.807, 2.05) is 19.9 Å². The van der Waals surface area contributed by atoms with Crippen LogP contribution >= 0.6 is 24.0 Å². The number of halogens is 1. The van der Waals surface area contributed by atoms with Gasteiger partial charge in [0.1, 0.15) is 5.75 Å². The fraction of sp³-hybridized carbons (Fsp3) is 0.381. The molecule has 0 aromatic heterocycles. The van der Waals surface area contributed by atoms with E-state index in [0.29, 0.717) is 12.3 Å². The fourth-order valence-electron chi connectivity index (χ4n) is 2.69. The van der Waals surface area contributed by atoms with E-state index in [4.69, 9.17) is 9.47 Å². The minimum Gasteiger partial charge on any atom is -0.504 e. The van der Waals surface area contributed by atoms with Crippen LogP contribution in [0.25, 0.3) is 0 Å².